The molecule has 0 radical (unpaired) electrons. The van der Waals surface area contributed by atoms with Gasteiger partial charge in [-0.05, 0) is 69.8 Å². The van der Waals surface area contributed by atoms with E-state index in [1.807, 2.05) is 12.5 Å². The number of aryl methyl sites for hydroxylation is 1. The molecule has 2 fully saturated rings. The molecule has 2 atom stereocenters. The second-order valence-electron chi connectivity index (χ2n) is 9.70. The molecule has 29 heavy (non-hydrogen) atoms. The third kappa shape index (κ3) is 3.36. The van der Waals surface area contributed by atoms with Gasteiger partial charge in [-0.1, -0.05) is 0 Å². The maximum atomic E-state index is 13.9. The van der Waals surface area contributed by atoms with Gasteiger partial charge in [0.05, 0.1) is 24.7 Å². The van der Waals surface area contributed by atoms with Crippen LogP contribution < -0.4 is 4.74 Å². The summed E-state index contributed by atoms with van der Waals surface area (Å²) >= 11 is 0. The Morgan fingerprint density at radius 1 is 1.24 bits per heavy atom. The molecule has 0 bridgehead atoms. The van der Waals surface area contributed by atoms with Crippen molar-refractivity contribution in [2.45, 2.75) is 51.4 Å². The normalized spacial score (nSPS) is 27.9. The molecule has 0 N–H and O–H groups in total. The molecule has 0 aliphatic carbocycles. The van der Waals surface area contributed by atoms with Crippen molar-refractivity contribution in [1.82, 2.24) is 14.5 Å². The summed E-state index contributed by atoms with van der Waals surface area (Å²) in [6.07, 6.45) is 7.06. The van der Waals surface area contributed by atoms with Crippen molar-refractivity contribution >= 4 is 0 Å². The maximum absolute atomic E-state index is 13.9. The van der Waals surface area contributed by atoms with Gasteiger partial charge in [-0.15, -0.1) is 0 Å². The van der Waals surface area contributed by atoms with E-state index in [1.54, 1.807) is 12.1 Å². The van der Waals surface area contributed by atoms with Gasteiger partial charge in [0, 0.05) is 31.3 Å². The number of likely N-dealkylation sites (tertiary alicyclic amines) is 1. The van der Waals surface area contributed by atoms with Crippen molar-refractivity contribution in [2.75, 3.05) is 19.7 Å². The zero-order valence-electron chi connectivity index (χ0n) is 17.5. The highest BCUT2D eigenvalue weighted by Gasteiger charge is 2.52. The molecule has 2 aromatic rings. The van der Waals surface area contributed by atoms with Gasteiger partial charge in [0.15, 0.2) is 0 Å². The second kappa shape index (κ2) is 6.81. The predicted octanol–water partition coefficient (Wildman–Crippen LogP) is 4.09. The summed E-state index contributed by atoms with van der Waals surface area (Å²) in [4.78, 5) is 6.75. The first-order chi connectivity index (χ1) is 13.9. The van der Waals surface area contributed by atoms with Crippen LogP contribution in [0.5, 0.6) is 5.75 Å². The van der Waals surface area contributed by atoms with Crippen LogP contribution in [0.1, 0.15) is 50.5 Å². The number of hydrogen-bond donors (Lipinski definition) is 0. The zero-order chi connectivity index (χ0) is 20.2. The average Bonchev–Trinajstić information content (AvgIpc) is 3.09. The molecule has 1 spiro atoms. The van der Waals surface area contributed by atoms with Crippen LogP contribution in [0.25, 0.3) is 0 Å². The minimum Gasteiger partial charge on any atom is -0.487 e. The monoisotopic (exact) mass is 399 g/mol. The maximum Gasteiger partial charge on any atom is 0.126 e. The predicted molar refractivity (Wildman–Crippen MR) is 108 cm³/mol. The number of rotatable bonds is 2. The lowest BCUT2D eigenvalue weighted by atomic mass is 9.64. The average molecular weight is 400 g/mol. The van der Waals surface area contributed by atoms with Gasteiger partial charge >= 0.3 is 0 Å². The van der Waals surface area contributed by atoms with E-state index >= 15 is 0 Å². The molecule has 156 valence electrons. The van der Waals surface area contributed by atoms with Gasteiger partial charge in [-0.3, -0.25) is 4.90 Å². The molecule has 5 rings (SSSR count). The van der Waals surface area contributed by atoms with E-state index in [0.717, 1.165) is 56.8 Å². The standard InChI is InChI=1S/C23H30FN3O2/c1-22(2)19-11-23(6-8-27(9-7-23)13-17-12-25-15-26(17)3)14-28-21(19)18-10-16(24)4-5-20(18)29-22/h4-5,10,12,15,19,21H,6-9,11,13-14H2,1-3H3. The molecule has 3 aliphatic heterocycles. The highest BCUT2D eigenvalue weighted by molar-refractivity contribution is 5.39. The van der Waals surface area contributed by atoms with Gasteiger partial charge < -0.3 is 14.0 Å². The van der Waals surface area contributed by atoms with E-state index in [4.69, 9.17) is 9.47 Å². The summed E-state index contributed by atoms with van der Waals surface area (Å²) in [6, 6.07) is 4.81. The summed E-state index contributed by atoms with van der Waals surface area (Å²) in [7, 11) is 2.05. The number of nitrogens with zero attached hydrogens (tertiary/aromatic N) is 3. The summed E-state index contributed by atoms with van der Waals surface area (Å²) in [5.41, 5.74) is 1.99. The third-order valence-electron chi connectivity index (χ3n) is 7.35. The molecular formula is C23H30FN3O2. The molecule has 1 aromatic carbocycles. The second-order valence-corrected chi connectivity index (χ2v) is 9.70. The Labute approximate surface area is 171 Å². The molecule has 2 unspecified atom stereocenters. The summed E-state index contributed by atoms with van der Waals surface area (Å²) < 4.78 is 28.8. The SMILES string of the molecule is Cn1cncc1CN1CCC2(CC1)COC1c3cc(F)ccc3OC(C)(C)C1C2. The molecule has 1 aromatic heterocycles. The van der Waals surface area contributed by atoms with Crippen molar-refractivity contribution < 1.29 is 13.9 Å². The third-order valence-corrected chi connectivity index (χ3v) is 7.35. The number of aromatic nitrogens is 2. The topological polar surface area (TPSA) is 39.5 Å². The number of piperidine rings is 1. The van der Waals surface area contributed by atoms with Crippen molar-refractivity contribution in [3.05, 3.63) is 47.8 Å². The largest absolute Gasteiger partial charge is 0.487 e. The van der Waals surface area contributed by atoms with E-state index in [-0.39, 0.29) is 28.9 Å². The van der Waals surface area contributed by atoms with Crippen LogP contribution >= 0.6 is 0 Å². The fourth-order valence-electron chi connectivity index (χ4n) is 5.43. The van der Waals surface area contributed by atoms with Gasteiger partial charge in [-0.2, -0.15) is 0 Å². The summed E-state index contributed by atoms with van der Waals surface area (Å²) in [5, 5.41) is 0. The molecule has 6 heteroatoms. The first kappa shape index (κ1) is 19.1. The highest BCUT2D eigenvalue weighted by Crippen LogP contribution is 2.55. The van der Waals surface area contributed by atoms with Crippen LogP contribution in [0.15, 0.2) is 30.7 Å². The van der Waals surface area contributed by atoms with Crippen LogP contribution in [0.2, 0.25) is 0 Å². The fourth-order valence-corrected chi connectivity index (χ4v) is 5.43. The number of halogens is 1. The first-order valence-corrected chi connectivity index (χ1v) is 10.6. The molecular weight excluding hydrogens is 369 g/mol. The van der Waals surface area contributed by atoms with Crippen LogP contribution in [-0.4, -0.2) is 39.7 Å². The Bertz CT molecular complexity index is 901. The van der Waals surface area contributed by atoms with Crippen LogP contribution in [0, 0.1) is 17.2 Å². The Balaban J connectivity index is 1.31. The molecule has 3 aliphatic rings. The lowest BCUT2D eigenvalue weighted by molar-refractivity contribution is -0.174. The zero-order valence-corrected chi connectivity index (χ0v) is 17.5. The van der Waals surface area contributed by atoms with E-state index in [1.165, 1.54) is 11.8 Å². The van der Waals surface area contributed by atoms with Crippen molar-refractivity contribution in [2.24, 2.45) is 18.4 Å². The van der Waals surface area contributed by atoms with E-state index in [2.05, 4.69) is 35.3 Å². The highest BCUT2D eigenvalue weighted by atomic mass is 19.1. The molecule has 0 amide bonds. The van der Waals surface area contributed by atoms with Crippen molar-refractivity contribution in [1.29, 1.82) is 0 Å². The summed E-state index contributed by atoms with van der Waals surface area (Å²) in [5.74, 6) is 0.770. The smallest absolute Gasteiger partial charge is 0.126 e. The first-order valence-electron chi connectivity index (χ1n) is 10.6. The van der Waals surface area contributed by atoms with E-state index < -0.39 is 0 Å². The Morgan fingerprint density at radius 2 is 2.03 bits per heavy atom. The number of hydrogen-bond acceptors (Lipinski definition) is 4. The lowest BCUT2D eigenvalue weighted by Gasteiger charge is -2.54. The Morgan fingerprint density at radius 3 is 2.76 bits per heavy atom. The molecule has 4 heterocycles. The van der Waals surface area contributed by atoms with E-state index in [9.17, 15) is 4.39 Å². The van der Waals surface area contributed by atoms with E-state index in [0.29, 0.717) is 0 Å². The number of fused-ring (bicyclic) bond motifs is 3. The van der Waals surface area contributed by atoms with Crippen molar-refractivity contribution in [3.63, 3.8) is 0 Å². The van der Waals surface area contributed by atoms with Gasteiger partial charge in [0.2, 0.25) is 0 Å². The van der Waals surface area contributed by atoms with Crippen molar-refractivity contribution in [3.8, 4) is 5.75 Å². The van der Waals surface area contributed by atoms with Gasteiger partial charge in [0.25, 0.3) is 0 Å². The van der Waals surface area contributed by atoms with Gasteiger partial charge in [0.1, 0.15) is 17.2 Å². The fraction of sp³-hybridized carbons (Fsp3) is 0.609. The van der Waals surface area contributed by atoms with Crippen LogP contribution in [0.4, 0.5) is 4.39 Å². The molecule has 0 saturated carbocycles. The lowest BCUT2D eigenvalue weighted by Crippen LogP contribution is -2.54. The molecule has 2 saturated heterocycles. The van der Waals surface area contributed by atoms with Gasteiger partial charge in [-0.25, -0.2) is 9.37 Å². The summed E-state index contributed by atoms with van der Waals surface area (Å²) in [6.45, 7) is 8.13. The minimum atomic E-state index is -0.325. The quantitative estimate of drug-likeness (QED) is 0.763. The Kier molecular flexibility index (Phi) is 4.48. The molecule has 5 nitrogen and oxygen atoms in total. The van der Waals surface area contributed by atoms with Crippen LogP contribution in [0.3, 0.4) is 0 Å². The number of imidazole rings is 1. The van der Waals surface area contributed by atoms with Crippen LogP contribution in [-0.2, 0) is 18.3 Å². The minimum absolute atomic E-state index is 0.0810. The number of benzene rings is 1. The Hall–Kier alpha value is -1.92. The number of ether oxygens (including phenoxy) is 2.